The van der Waals surface area contributed by atoms with E-state index in [2.05, 4.69) is 25.9 Å². The number of benzene rings is 3. The lowest BCUT2D eigenvalue weighted by molar-refractivity contribution is 0.102. The number of fused-ring (bicyclic) bond motifs is 1. The van der Waals surface area contributed by atoms with Crippen LogP contribution in [0.1, 0.15) is 10.4 Å². The van der Waals surface area contributed by atoms with Gasteiger partial charge in [-0.3, -0.25) is 14.8 Å². The molecular weight excluding hydrogens is 448 g/mol. The first-order valence-corrected chi connectivity index (χ1v) is 10.7. The largest absolute Gasteiger partial charge is 0.355 e. The van der Waals surface area contributed by atoms with Crippen LogP contribution in [0.25, 0.3) is 10.9 Å². The fourth-order valence-electron chi connectivity index (χ4n) is 3.58. The number of hydrogen-bond acceptors (Lipinski definition) is 5. The third-order valence-corrected chi connectivity index (χ3v) is 5.32. The third-order valence-electron chi connectivity index (χ3n) is 5.32. The normalized spacial score (nSPS) is 10.7. The van der Waals surface area contributed by atoms with E-state index in [0.29, 0.717) is 33.5 Å². The molecule has 1 amide bonds. The van der Waals surface area contributed by atoms with E-state index in [1.807, 2.05) is 0 Å². The molecule has 0 aliphatic carbocycles. The van der Waals surface area contributed by atoms with Gasteiger partial charge in [-0.1, -0.05) is 0 Å². The summed E-state index contributed by atoms with van der Waals surface area (Å²) in [6, 6.07) is 20.8. The molecule has 0 aliphatic heterocycles. The summed E-state index contributed by atoms with van der Waals surface area (Å²) in [6.07, 6.45) is 4.85. The number of amides is 1. The quantitative estimate of drug-likeness (QED) is 0.261. The maximum absolute atomic E-state index is 14.5. The van der Waals surface area contributed by atoms with E-state index in [1.54, 1.807) is 79.3 Å². The van der Waals surface area contributed by atoms with Crippen LogP contribution in [0.2, 0.25) is 0 Å². The minimum atomic E-state index is -0.500. The Balaban J connectivity index is 1.26. The average Bonchev–Trinajstić information content (AvgIpc) is 2.87. The molecule has 0 aliphatic rings. The van der Waals surface area contributed by atoms with Crippen LogP contribution in [0, 0.1) is 11.6 Å². The number of carbonyl (C=O) groups excluding carboxylic acids is 1. The second-order valence-corrected chi connectivity index (χ2v) is 7.73. The molecule has 2 heterocycles. The van der Waals surface area contributed by atoms with Gasteiger partial charge in [0.25, 0.3) is 5.91 Å². The molecule has 8 heteroatoms. The van der Waals surface area contributed by atoms with Crippen molar-refractivity contribution in [2.75, 3.05) is 16.0 Å². The summed E-state index contributed by atoms with van der Waals surface area (Å²) in [6.45, 7) is 0. The summed E-state index contributed by atoms with van der Waals surface area (Å²) < 4.78 is 28.2. The van der Waals surface area contributed by atoms with Crippen LogP contribution in [0.5, 0.6) is 0 Å². The van der Waals surface area contributed by atoms with Gasteiger partial charge >= 0.3 is 0 Å². The molecule has 6 nitrogen and oxygen atoms in total. The summed E-state index contributed by atoms with van der Waals surface area (Å²) in [5.41, 5.74) is 3.81. The van der Waals surface area contributed by atoms with Gasteiger partial charge in [-0.05, 0) is 78.9 Å². The topological polar surface area (TPSA) is 78.9 Å². The number of pyridine rings is 2. The first-order valence-electron chi connectivity index (χ1n) is 10.7. The zero-order valence-electron chi connectivity index (χ0n) is 18.3. The van der Waals surface area contributed by atoms with Crippen molar-refractivity contribution in [3.8, 4) is 0 Å². The molecule has 0 unspecified atom stereocenters. The number of nitrogens with zero attached hydrogens (tertiary/aromatic N) is 2. The molecule has 0 atom stereocenters. The first-order chi connectivity index (χ1) is 17.0. The Morgan fingerprint density at radius 3 is 2.17 bits per heavy atom. The Bertz CT molecular complexity index is 1510. The standard InChI is InChI=1S/C27H19F2N5O/c28-18-3-7-24-22(15-18)25(11-14-31-24)32-19-4-1-17(2-5-19)27(35)34-21-6-8-26(23(29)16-21)33-20-9-12-30-13-10-20/h1-16H,(H,30,33)(H,31,32)(H,34,35). The third kappa shape index (κ3) is 5.06. The maximum atomic E-state index is 14.5. The van der Waals surface area contributed by atoms with Crippen molar-refractivity contribution in [1.29, 1.82) is 0 Å². The van der Waals surface area contributed by atoms with Crippen molar-refractivity contribution in [3.63, 3.8) is 0 Å². The minimum Gasteiger partial charge on any atom is -0.355 e. The molecule has 0 spiro atoms. The van der Waals surface area contributed by atoms with Gasteiger partial charge in [-0.15, -0.1) is 0 Å². The number of halogens is 2. The Kier molecular flexibility index (Phi) is 6.00. The van der Waals surface area contributed by atoms with Crippen molar-refractivity contribution < 1.29 is 13.6 Å². The van der Waals surface area contributed by atoms with Crippen LogP contribution >= 0.6 is 0 Å². The smallest absolute Gasteiger partial charge is 0.255 e. The van der Waals surface area contributed by atoms with E-state index in [-0.39, 0.29) is 17.4 Å². The van der Waals surface area contributed by atoms with Gasteiger partial charge in [0.2, 0.25) is 0 Å². The molecule has 0 radical (unpaired) electrons. The lowest BCUT2D eigenvalue weighted by atomic mass is 10.1. The number of carbonyl (C=O) groups is 1. The first kappa shape index (κ1) is 22.0. The molecule has 0 saturated heterocycles. The fourth-order valence-corrected chi connectivity index (χ4v) is 3.58. The number of nitrogens with one attached hydrogen (secondary N) is 3. The summed E-state index contributed by atoms with van der Waals surface area (Å²) in [5.74, 6) is -1.22. The van der Waals surface area contributed by atoms with Crippen molar-refractivity contribution in [3.05, 3.63) is 115 Å². The molecule has 5 aromatic rings. The number of anilines is 5. The van der Waals surface area contributed by atoms with Gasteiger partial charge in [-0.25, -0.2) is 8.78 Å². The van der Waals surface area contributed by atoms with Gasteiger partial charge in [0, 0.05) is 52.3 Å². The Labute approximate surface area is 199 Å². The Morgan fingerprint density at radius 2 is 1.40 bits per heavy atom. The molecule has 5 rings (SSSR count). The monoisotopic (exact) mass is 467 g/mol. The Morgan fingerprint density at radius 1 is 0.686 bits per heavy atom. The maximum Gasteiger partial charge on any atom is 0.255 e. The van der Waals surface area contributed by atoms with Crippen LogP contribution in [0.3, 0.4) is 0 Å². The highest BCUT2D eigenvalue weighted by molar-refractivity contribution is 6.04. The predicted octanol–water partition coefficient (Wildman–Crippen LogP) is 6.65. The molecule has 0 saturated carbocycles. The van der Waals surface area contributed by atoms with E-state index >= 15 is 0 Å². The number of rotatable bonds is 6. The van der Waals surface area contributed by atoms with E-state index in [1.165, 1.54) is 18.2 Å². The predicted molar refractivity (Wildman–Crippen MR) is 133 cm³/mol. The second kappa shape index (κ2) is 9.56. The molecule has 35 heavy (non-hydrogen) atoms. The summed E-state index contributed by atoms with van der Waals surface area (Å²) in [4.78, 5) is 20.8. The van der Waals surface area contributed by atoms with Crippen LogP contribution < -0.4 is 16.0 Å². The number of aromatic nitrogens is 2. The van der Waals surface area contributed by atoms with Gasteiger partial charge < -0.3 is 16.0 Å². The Hall–Kier alpha value is -4.85. The highest BCUT2D eigenvalue weighted by Gasteiger charge is 2.10. The van der Waals surface area contributed by atoms with Crippen LogP contribution in [-0.4, -0.2) is 15.9 Å². The SMILES string of the molecule is O=C(Nc1ccc(Nc2ccncc2)c(F)c1)c1ccc(Nc2ccnc3ccc(F)cc23)cc1. The van der Waals surface area contributed by atoms with Crippen molar-refractivity contribution in [1.82, 2.24) is 9.97 Å². The van der Waals surface area contributed by atoms with E-state index in [9.17, 15) is 13.6 Å². The van der Waals surface area contributed by atoms with Gasteiger partial charge in [-0.2, -0.15) is 0 Å². The van der Waals surface area contributed by atoms with Crippen molar-refractivity contribution in [2.24, 2.45) is 0 Å². The minimum absolute atomic E-state index is 0.285. The lowest BCUT2D eigenvalue weighted by Gasteiger charge is -2.11. The van der Waals surface area contributed by atoms with E-state index in [0.717, 1.165) is 5.69 Å². The molecule has 0 bridgehead atoms. The summed E-state index contributed by atoms with van der Waals surface area (Å²) in [7, 11) is 0. The fraction of sp³-hybridized carbons (Fsp3) is 0. The van der Waals surface area contributed by atoms with Crippen molar-refractivity contribution >= 4 is 45.2 Å². The molecular formula is C27H19F2N5O. The van der Waals surface area contributed by atoms with Gasteiger partial charge in [0.05, 0.1) is 11.2 Å². The van der Waals surface area contributed by atoms with Gasteiger partial charge in [0.1, 0.15) is 11.6 Å². The highest BCUT2D eigenvalue weighted by Crippen LogP contribution is 2.27. The summed E-state index contributed by atoms with van der Waals surface area (Å²) in [5, 5.41) is 9.54. The van der Waals surface area contributed by atoms with E-state index in [4.69, 9.17) is 0 Å². The van der Waals surface area contributed by atoms with Crippen molar-refractivity contribution in [2.45, 2.75) is 0 Å². The molecule has 0 fully saturated rings. The van der Waals surface area contributed by atoms with Gasteiger partial charge in [0.15, 0.2) is 0 Å². The summed E-state index contributed by atoms with van der Waals surface area (Å²) >= 11 is 0. The van der Waals surface area contributed by atoms with Crippen LogP contribution in [0.4, 0.5) is 37.2 Å². The molecule has 3 aromatic carbocycles. The second-order valence-electron chi connectivity index (χ2n) is 7.73. The van der Waals surface area contributed by atoms with Crippen LogP contribution in [-0.2, 0) is 0 Å². The number of hydrogen-bond donors (Lipinski definition) is 3. The van der Waals surface area contributed by atoms with Crippen LogP contribution in [0.15, 0.2) is 97.5 Å². The average molecular weight is 467 g/mol. The lowest BCUT2D eigenvalue weighted by Crippen LogP contribution is -2.12. The molecule has 2 aromatic heterocycles. The highest BCUT2D eigenvalue weighted by atomic mass is 19.1. The zero-order chi connectivity index (χ0) is 24.2. The molecule has 3 N–H and O–H groups in total. The zero-order valence-corrected chi connectivity index (χ0v) is 18.3. The van der Waals surface area contributed by atoms with E-state index < -0.39 is 5.82 Å². The molecule has 172 valence electrons.